The molecular formula is C13H19N5O. The molecule has 0 saturated carbocycles. The second-order valence-corrected chi connectivity index (χ2v) is 4.94. The fourth-order valence-electron chi connectivity index (χ4n) is 1.87. The van der Waals surface area contributed by atoms with Crippen LogP contribution < -0.4 is 11.1 Å². The van der Waals surface area contributed by atoms with Gasteiger partial charge in [0.15, 0.2) is 5.65 Å². The van der Waals surface area contributed by atoms with Gasteiger partial charge in [-0.2, -0.15) is 5.10 Å². The Morgan fingerprint density at radius 1 is 1.47 bits per heavy atom. The van der Waals surface area contributed by atoms with Crippen LogP contribution >= 0.6 is 0 Å². The minimum absolute atomic E-state index is 0.0994. The van der Waals surface area contributed by atoms with Gasteiger partial charge in [0, 0.05) is 18.5 Å². The lowest BCUT2D eigenvalue weighted by Gasteiger charge is -2.15. The lowest BCUT2D eigenvalue weighted by atomic mass is 10.0. The molecule has 0 aromatic carbocycles. The Labute approximate surface area is 112 Å². The molecule has 1 amide bonds. The summed E-state index contributed by atoms with van der Waals surface area (Å²) in [4.78, 5) is 16.3. The second-order valence-electron chi connectivity index (χ2n) is 4.94. The van der Waals surface area contributed by atoms with Crippen LogP contribution in [0.2, 0.25) is 0 Å². The molecule has 2 rings (SSSR count). The summed E-state index contributed by atoms with van der Waals surface area (Å²) in [5.41, 5.74) is 8.08. The van der Waals surface area contributed by atoms with Crippen LogP contribution in [0.25, 0.3) is 11.0 Å². The molecule has 6 heteroatoms. The van der Waals surface area contributed by atoms with E-state index in [2.05, 4.69) is 15.4 Å². The number of pyridine rings is 1. The zero-order chi connectivity index (χ0) is 14.2. The largest absolute Gasteiger partial charge is 0.327 e. The van der Waals surface area contributed by atoms with Crippen molar-refractivity contribution in [2.75, 3.05) is 5.32 Å². The lowest BCUT2D eigenvalue weighted by Crippen LogP contribution is -2.34. The van der Waals surface area contributed by atoms with E-state index in [0.29, 0.717) is 5.69 Å². The molecule has 0 fully saturated rings. The van der Waals surface area contributed by atoms with Gasteiger partial charge in [-0.3, -0.25) is 9.48 Å². The third kappa shape index (κ3) is 2.58. The molecule has 6 nitrogen and oxygen atoms in total. The number of hydrogen-bond donors (Lipinski definition) is 2. The highest BCUT2D eigenvalue weighted by Crippen LogP contribution is 2.19. The first-order valence-corrected chi connectivity index (χ1v) is 6.26. The number of fused-ring (bicyclic) bond motifs is 1. The van der Waals surface area contributed by atoms with E-state index in [1.807, 2.05) is 27.0 Å². The Bertz CT molecular complexity index is 617. The number of amides is 1. The first-order valence-electron chi connectivity index (χ1n) is 6.26. The van der Waals surface area contributed by atoms with Gasteiger partial charge in [-0.15, -0.1) is 0 Å². The number of nitrogens with zero attached hydrogens (tertiary/aromatic N) is 3. The van der Waals surface area contributed by atoms with E-state index in [4.69, 9.17) is 5.73 Å². The molecule has 0 aliphatic rings. The molecule has 0 aliphatic carbocycles. The maximum absolute atomic E-state index is 11.9. The summed E-state index contributed by atoms with van der Waals surface area (Å²) in [6.45, 7) is 5.54. The summed E-state index contributed by atoms with van der Waals surface area (Å²) >= 11 is 0. The van der Waals surface area contributed by atoms with Crippen molar-refractivity contribution in [1.82, 2.24) is 14.8 Å². The molecular weight excluding hydrogens is 242 g/mol. The van der Waals surface area contributed by atoms with Crippen LogP contribution in [-0.4, -0.2) is 26.7 Å². The summed E-state index contributed by atoms with van der Waals surface area (Å²) < 4.78 is 1.72. The van der Waals surface area contributed by atoms with Crippen molar-refractivity contribution in [3.05, 3.63) is 18.0 Å². The number of rotatable bonds is 3. The summed E-state index contributed by atoms with van der Waals surface area (Å²) in [6, 6.07) is 1.70. The van der Waals surface area contributed by atoms with E-state index in [1.54, 1.807) is 17.8 Å². The van der Waals surface area contributed by atoms with Gasteiger partial charge in [-0.25, -0.2) is 4.98 Å². The van der Waals surface area contributed by atoms with Crippen LogP contribution in [-0.2, 0) is 11.8 Å². The number of aryl methyl sites for hydroxylation is 2. The summed E-state index contributed by atoms with van der Waals surface area (Å²) in [5, 5.41) is 8.07. The minimum atomic E-state index is -0.245. The van der Waals surface area contributed by atoms with Gasteiger partial charge in [-0.1, -0.05) is 6.92 Å². The Hall–Kier alpha value is -1.95. The highest BCUT2D eigenvalue weighted by atomic mass is 16.1. The van der Waals surface area contributed by atoms with Crippen LogP contribution in [0.3, 0.4) is 0 Å². The second kappa shape index (κ2) is 4.97. The van der Waals surface area contributed by atoms with Gasteiger partial charge in [-0.05, 0) is 19.9 Å². The predicted molar refractivity (Wildman–Crippen MR) is 74.7 cm³/mol. The van der Waals surface area contributed by atoms with Gasteiger partial charge in [0.1, 0.15) is 0 Å². The Balaban J connectivity index is 2.27. The first-order chi connectivity index (χ1) is 8.90. The van der Waals surface area contributed by atoms with Crippen molar-refractivity contribution >= 4 is 22.6 Å². The summed E-state index contributed by atoms with van der Waals surface area (Å²) in [5.74, 6) is -0.344. The number of nitrogens with one attached hydrogen (secondary N) is 1. The zero-order valence-electron chi connectivity index (χ0n) is 11.6. The summed E-state index contributed by atoms with van der Waals surface area (Å²) in [7, 11) is 1.85. The van der Waals surface area contributed by atoms with Gasteiger partial charge < -0.3 is 11.1 Å². The third-order valence-corrected chi connectivity index (χ3v) is 3.33. The standard InChI is InChI=1S/C13H19N5O/c1-7(8(2)14)13(19)16-10-5-11-9(3)17-18(4)12(11)15-6-10/h5-8H,14H2,1-4H3,(H,16,19). The fourth-order valence-corrected chi connectivity index (χ4v) is 1.87. The fraction of sp³-hybridized carbons (Fsp3) is 0.462. The molecule has 0 saturated heterocycles. The molecule has 0 radical (unpaired) electrons. The molecule has 2 aromatic heterocycles. The molecule has 2 unspecified atom stereocenters. The number of anilines is 1. The zero-order valence-corrected chi connectivity index (χ0v) is 11.6. The highest BCUT2D eigenvalue weighted by molar-refractivity contribution is 5.94. The molecule has 0 spiro atoms. The minimum Gasteiger partial charge on any atom is -0.327 e. The normalized spacial score (nSPS) is 14.4. The first kappa shape index (κ1) is 13.5. The topological polar surface area (TPSA) is 85.8 Å². The van der Waals surface area contributed by atoms with Gasteiger partial charge in [0.05, 0.1) is 23.5 Å². The molecule has 19 heavy (non-hydrogen) atoms. The van der Waals surface area contributed by atoms with Gasteiger partial charge >= 0.3 is 0 Å². The Kier molecular flexibility index (Phi) is 3.53. The molecule has 2 atom stereocenters. The maximum Gasteiger partial charge on any atom is 0.228 e. The van der Waals surface area contributed by atoms with E-state index < -0.39 is 0 Å². The monoisotopic (exact) mass is 261 g/mol. The number of aromatic nitrogens is 3. The molecule has 2 heterocycles. The molecule has 2 aromatic rings. The van der Waals surface area contributed by atoms with Crippen LogP contribution in [0.1, 0.15) is 19.5 Å². The van der Waals surface area contributed by atoms with Crippen LogP contribution in [0.4, 0.5) is 5.69 Å². The van der Waals surface area contributed by atoms with Crippen molar-refractivity contribution < 1.29 is 4.79 Å². The maximum atomic E-state index is 11.9. The smallest absolute Gasteiger partial charge is 0.228 e. The van der Waals surface area contributed by atoms with Crippen LogP contribution in [0.15, 0.2) is 12.3 Å². The van der Waals surface area contributed by atoms with E-state index in [0.717, 1.165) is 16.7 Å². The molecule has 0 aliphatic heterocycles. The van der Waals surface area contributed by atoms with E-state index in [1.165, 1.54) is 0 Å². The quantitative estimate of drug-likeness (QED) is 0.869. The number of carbonyl (C=O) groups is 1. The number of hydrogen-bond acceptors (Lipinski definition) is 4. The number of carbonyl (C=O) groups excluding carboxylic acids is 1. The SMILES string of the molecule is Cc1nn(C)c2ncc(NC(=O)C(C)C(C)N)cc12. The van der Waals surface area contributed by atoms with E-state index in [9.17, 15) is 4.79 Å². The molecule has 3 N–H and O–H groups in total. The highest BCUT2D eigenvalue weighted by Gasteiger charge is 2.17. The van der Waals surface area contributed by atoms with Crippen LogP contribution in [0.5, 0.6) is 0 Å². The van der Waals surface area contributed by atoms with Crippen molar-refractivity contribution in [2.24, 2.45) is 18.7 Å². The van der Waals surface area contributed by atoms with Gasteiger partial charge in [0.25, 0.3) is 0 Å². The predicted octanol–water partition coefficient (Wildman–Crippen LogP) is 1.20. The average Bonchev–Trinajstić information content (AvgIpc) is 2.63. The average molecular weight is 261 g/mol. The third-order valence-electron chi connectivity index (χ3n) is 3.33. The number of nitrogens with two attached hydrogens (primary N) is 1. The lowest BCUT2D eigenvalue weighted by molar-refractivity contribution is -0.119. The van der Waals surface area contributed by atoms with E-state index >= 15 is 0 Å². The van der Waals surface area contributed by atoms with Crippen LogP contribution in [0, 0.1) is 12.8 Å². The van der Waals surface area contributed by atoms with Crippen molar-refractivity contribution in [3.8, 4) is 0 Å². The Morgan fingerprint density at radius 2 is 2.16 bits per heavy atom. The van der Waals surface area contributed by atoms with Crippen molar-refractivity contribution in [3.63, 3.8) is 0 Å². The molecule has 102 valence electrons. The van der Waals surface area contributed by atoms with Crippen molar-refractivity contribution in [1.29, 1.82) is 0 Å². The van der Waals surface area contributed by atoms with Crippen molar-refractivity contribution in [2.45, 2.75) is 26.8 Å². The Morgan fingerprint density at radius 3 is 2.79 bits per heavy atom. The molecule has 0 bridgehead atoms. The summed E-state index contributed by atoms with van der Waals surface area (Å²) in [6.07, 6.45) is 1.63. The van der Waals surface area contributed by atoms with Gasteiger partial charge in [0.2, 0.25) is 5.91 Å². The van der Waals surface area contributed by atoms with E-state index in [-0.39, 0.29) is 17.9 Å².